The van der Waals surface area contributed by atoms with Crippen LogP contribution in [0.3, 0.4) is 0 Å². The molecule has 0 aromatic carbocycles. The number of carbonyl (C=O) groups is 2. The van der Waals surface area contributed by atoms with Gasteiger partial charge in [0.1, 0.15) is 0 Å². The van der Waals surface area contributed by atoms with Crippen LogP contribution >= 0.6 is 0 Å². The van der Waals surface area contributed by atoms with E-state index in [0.717, 1.165) is 0 Å². The number of carbonyl (C=O) groups excluding carboxylic acids is 2. The van der Waals surface area contributed by atoms with Gasteiger partial charge in [0.05, 0.1) is 25.0 Å². The van der Waals surface area contributed by atoms with E-state index in [1.807, 2.05) is 0 Å². The summed E-state index contributed by atoms with van der Waals surface area (Å²) in [6.45, 7) is 0.903. The third-order valence-corrected chi connectivity index (χ3v) is 2.44. The van der Waals surface area contributed by atoms with Crippen molar-refractivity contribution in [1.29, 1.82) is 0 Å². The van der Waals surface area contributed by atoms with Crippen molar-refractivity contribution >= 4 is 11.9 Å². The van der Waals surface area contributed by atoms with Gasteiger partial charge in [-0.25, -0.2) is 0 Å². The molecule has 4 heteroatoms. The first-order valence-electron chi connectivity index (χ1n) is 4.12. The van der Waals surface area contributed by atoms with E-state index >= 15 is 0 Å². The molecule has 2 aliphatic rings. The molecule has 0 aliphatic carbocycles. The lowest BCUT2D eigenvalue weighted by atomic mass is 9.90. The zero-order chi connectivity index (χ0) is 8.55. The van der Waals surface area contributed by atoms with Crippen LogP contribution in [0.15, 0.2) is 0 Å². The molecular formula is C8H10O4. The van der Waals surface area contributed by atoms with Gasteiger partial charge in [-0.1, -0.05) is 0 Å². The number of cyclic esters (lactones) is 2. The first-order valence-corrected chi connectivity index (χ1v) is 4.12. The molecule has 2 aliphatic heterocycles. The van der Waals surface area contributed by atoms with Gasteiger partial charge in [-0.3, -0.25) is 9.59 Å². The topological polar surface area (TPSA) is 52.6 Å². The Morgan fingerprint density at radius 3 is 1.58 bits per heavy atom. The minimum Gasteiger partial charge on any atom is -0.465 e. The van der Waals surface area contributed by atoms with Gasteiger partial charge < -0.3 is 9.47 Å². The Labute approximate surface area is 69.8 Å². The van der Waals surface area contributed by atoms with E-state index in [-0.39, 0.29) is 23.8 Å². The van der Waals surface area contributed by atoms with E-state index in [1.165, 1.54) is 0 Å². The largest absolute Gasteiger partial charge is 0.465 e. The van der Waals surface area contributed by atoms with E-state index in [0.29, 0.717) is 26.1 Å². The van der Waals surface area contributed by atoms with Gasteiger partial charge in [0, 0.05) is 0 Å². The van der Waals surface area contributed by atoms with Crippen LogP contribution in [0.4, 0.5) is 0 Å². The smallest absolute Gasteiger partial charge is 0.309 e. The highest BCUT2D eigenvalue weighted by Gasteiger charge is 2.41. The molecule has 12 heavy (non-hydrogen) atoms. The lowest BCUT2D eigenvalue weighted by Gasteiger charge is -2.08. The molecule has 2 atom stereocenters. The van der Waals surface area contributed by atoms with Crippen molar-refractivity contribution in [3.63, 3.8) is 0 Å². The molecule has 2 fully saturated rings. The monoisotopic (exact) mass is 170 g/mol. The molecule has 0 radical (unpaired) electrons. The molecule has 0 aromatic rings. The van der Waals surface area contributed by atoms with Crippen LogP contribution < -0.4 is 0 Å². The molecule has 0 bridgehead atoms. The van der Waals surface area contributed by atoms with Crippen molar-refractivity contribution in [3.05, 3.63) is 0 Å². The predicted octanol–water partition coefficient (Wildman–Crippen LogP) is 0.113. The van der Waals surface area contributed by atoms with Gasteiger partial charge >= 0.3 is 11.9 Å². The van der Waals surface area contributed by atoms with E-state index < -0.39 is 0 Å². The van der Waals surface area contributed by atoms with Crippen molar-refractivity contribution in [1.82, 2.24) is 0 Å². The Balaban J connectivity index is 2.08. The Hall–Kier alpha value is -1.06. The number of hydrogen-bond donors (Lipinski definition) is 0. The van der Waals surface area contributed by atoms with E-state index in [2.05, 4.69) is 0 Å². The summed E-state index contributed by atoms with van der Waals surface area (Å²) >= 11 is 0. The third kappa shape index (κ3) is 1.07. The average Bonchev–Trinajstić information content (AvgIpc) is 2.59. The molecule has 4 nitrogen and oxygen atoms in total. The maximum Gasteiger partial charge on any atom is 0.309 e. The first-order chi connectivity index (χ1) is 5.79. The fraction of sp³-hybridized carbons (Fsp3) is 0.750. The van der Waals surface area contributed by atoms with E-state index in [9.17, 15) is 9.59 Å². The van der Waals surface area contributed by atoms with Gasteiger partial charge in [-0.2, -0.15) is 0 Å². The lowest BCUT2D eigenvalue weighted by molar-refractivity contribution is -0.149. The van der Waals surface area contributed by atoms with Gasteiger partial charge in [-0.15, -0.1) is 0 Å². The standard InChI is InChI=1S/C8H10O4/c9-7-5(1-3-11-7)6-2-4-12-8(6)10/h5-6H,1-4H2. The van der Waals surface area contributed by atoms with Gasteiger partial charge in [0.2, 0.25) is 0 Å². The highest BCUT2D eigenvalue weighted by atomic mass is 16.5. The summed E-state index contributed by atoms with van der Waals surface area (Å²) in [6.07, 6.45) is 1.33. The quantitative estimate of drug-likeness (QED) is 0.524. The summed E-state index contributed by atoms with van der Waals surface area (Å²) in [6, 6.07) is 0. The normalized spacial score (nSPS) is 35.0. The second-order valence-corrected chi connectivity index (χ2v) is 3.13. The average molecular weight is 170 g/mol. The van der Waals surface area contributed by atoms with Crippen molar-refractivity contribution in [2.75, 3.05) is 13.2 Å². The van der Waals surface area contributed by atoms with Crippen LogP contribution in [0.2, 0.25) is 0 Å². The minimum atomic E-state index is -0.237. The van der Waals surface area contributed by atoms with Crippen LogP contribution in [0, 0.1) is 11.8 Å². The maximum atomic E-state index is 11.1. The minimum absolute atomic E-state index is 0.236. The Kier molecular flexibility index (Phi) is 1.75. The first kappa shape index (κ1) is 7.58. The molecule has 2 saturated heterocycles. The zero-order valence-electron chi connectivity index (χ0n) is 6.62. The summed E-state index contributed by atoms with van der Waals surface area (Å²) < 4.78 is 9.56. The van der Waals surface area contributed by atoms with Crippen LogP contribution in [0.25, 0.3) is 0 Å². The van der Waals surface area contributed by atoms with Crippen molar-refractivity contribution in [2.45, 2.75) is 12.8 Å². The molecule has 0 N–H and O–H groups in total. The number of esters is 2. The fourth-order valence-corrected chi connectivity index (χ4v) is 1.75. The highest BCUT2D eigenvalue weighted by Crippen LogP contribution is 2.30. The second kappa shape index (κ2) is 2.77. The summed E-state index contributed by atoms with van der Waals surface area (Å²) in [5, 5.41) is 0. The summed E-state index contributed by atoms with van der Waals surface area (Å²) in [7, 11) is 0. The van der Waals surface area contributed by atoms with Gasteiger partial charge in [0.25, 0.3) is 0 Å². The Bertz CT molecular complexity index is 199. The summed E-state index contributed by atoms with van der Waals surface area (Å²) in [4.78, 5) is 22.2. The lowest BCUT2D eigenvalue weighted by Crippen LogP contribution is -2.23. The SMILES string of the molecule is O=C1OCCC1C1CCOC1=O. The number of hydrogen-bond acceptors (Lipinski definition) is 4. The molecule has 0 saturated carbocycles. The number of rotatable bonds is 1. The van der Waals surface area contributed by atoms with Crippen LogP contribution in [-0.2, 0) is 19.1 Å². The molecule has 2 unspecified atom stereocenters. The molecular weight excluding hydrogens is 160 g/mol. The summed E-state index contributed by atoms with van der Waals surface area (Å²) in [5.41, 5.74) is 0. The van der Waals surface area contributed by atoms with E-state index in [1.54, 1.807) is 0 Å². The Morgan fingerprint density at radius 1 is 0.917 bits per heavy atom. The third-order valence-electron chi connectivity index (χ3n) is 2.44. The molecule has 2 heterocycles. The van der Waals surface area contributed by atoms with Crippen LogP contribution in [-0.4, -0.2) is 25.2 Å². The summed E-state index contributed by atoms with van der Waals surface area (Å²) in [5.74, 6) is -0.947. The Morgan fingerprint density at radius 2 is 1.33 bits per heavy atom. The van der Waals surface area contributed by atoms with Crippen molar-refractivity contribution < 1.29 is 19.1 Å². The fourth-order valence-electron chi connectivity index (χ4n) is 1.75. The van der Waals surface area contributed by atoms with Gasteiger partial charge in [-0.05, 0) is 12.8 Å². The molecule has 0 amide bonds. The van der Waals surface area contributed by atoms with Crippen LogP contribution in [0.1, 0.15) is 12.8 Å². The van der Waals surface area contributed by atoms with E-state index in [4.69, 9.17) is 9.47 Å². The maximum absolute atomic E-state index is 11.1. The molecule has 66 valence electrons. The molecule has 0 aromatic heterocycles. The van der Waals surface area contributed by atoms with Gasteiger partial charge in [0.15, 0.2) is 0 Å². The number of ether oxygens (including phenoxy) is 2. The predicted molar refractivity (Wildman–Crippen MR) is 38.1 cm³/mol. The second-order valence-electron chi connectivity index (χ2n) is 3.13. The van der Waals surface area contributed by atoms with Crippen molar-refractivity contribution in [3.8, 4) is 0 Å². The zero-order valence-corrected chi connectivity index (χ0v) is 6.62. The highest BCUT2D eigenvalue weighted by molar-refractivity contribution is 5.83. The van der Waals surface area contributed by atoms with Crippen molar-refractivity contribution in [2.24, 2.45) is 11.8 Å². The molecule has 2 rings (SSSR count). The molecule has 0 spiro atoms. The van der Waals surface area contributed by atoms with Crippen LogP contribution in [0.5, 0.6) is 0 Å².